The number of carbonyl (C=O) groups excluding carboxylic acids is 1. The molecule has 2 N–H and O–H groups in total. The molecule has 1 saturated carbocycles. The van der Waals surface area contributed by atoms with Gasteiger partial charge in [-0.2, -0.15) is 4.98 Å². The van der Waals surface area contributed by atoms with Crippen LogP contribution in [-0.2, 0) is 16.0 Å². The monoisotopic (exact) mass is 377 g/mol. The number of benzene rings is 1. The van der Waals surface area contributed by atoms with E-state index in [1.54, 1.807) is 0 Å². The summed E-state index contributed by atoms with van der Waals surface area (Å²) >= 11 is 0. The lowest BCUT2D eigenvalue weighted by Crippen LogP contribution is -2.40. The number of aliphatic carboxylic acids is 1. The lowest BCUT2D eigenvalue weighted by molar-refractivity contribution is -0.145. The first-order chi connectivity index (χ1) is 13.0. The normalized spacial score (nSPS) is 14.6. The van der Waals surface area contributed by atoms with E-state index in [1.807, 2.05) is 0 Å². The van der Waals surface area contributed by atoms with E-state index >= 15 is 0 Å². The van der Waals surface area contributed by atoms with Crippen molar-refractivity contribution in [3.63, 3.8) is 0 Å². The number of aromatic nitrogens is 2. The van der Waals surface area contributed by atoms with Crippen LogP contribution in [0.5, 0.6) is 5.75 Å². The summed E-state index contributed by atoms with van der Waals surface area (Å²) in [4.78, 5) is 27.5. The molecule has 1 heterocycles. The smallest absolute Gasteiger partial charge is 0.346 e. The second-order valence-electron chi connectivity index (χ2n) is 6.38. The van der Waals surface area contributed by atoms with E-state index in [4.69, 9.17) is 9.26 Å². The third-order valence-corrected chi connectivity index (χ3v) is 4.07. The minimum absolute atomic E-state index is 0.196. The largest absolute Gasteiger partial charge is 0.478 e. The molecular formula is C18H20FN3O5. The maximum atomic E-state index is 12.9. The standard InChI is InChI=1S/C18H20FN3O5/c19-12-6-8-13(9-7-12)26-14(18(24)25)10-20-15(23)2-1-3-16-21-17(22-27-16)11-4-5-11/h6-9,11,14H,1-5,10H2,(H,20,23)(H,24,25). The van der Waals surface area contributed by atoms with Gasteiger partial charge >= 0.3 is 5.97 Å². The van der Waals surface area contributed by atoms with Gasteiger partial charge in [-0.15, -0.1) is 0 Å². The fraction of sp³-hybridized carbons (Fsp3) is 0.444. The Kier molecular flexibility index (Phi) is 6.00. The minimum atomic E-state index is -1.27. The van der Waals surface area contributed by atoms with Crippen LogP contribution < -0.4 is 10.1 Å². The van der Waals surface area contributed by atoms with Crippen LogP contribution in [0.15, 0.2) is 28.8 Å². The molecule has 3 rings (SSSR count). The molecule has 144 valence electrons. The number of rotatable bonds is 10. The number of amides is 1. The Labute approximate surface area is 154 Å². The number of aryl methyl sites for hydroxylation is 1. The molecule has 1 amide bonds. The first kappa shape index (κ1) is 18.8. The van der Waals surface area contributed by atoms with E-state index in [0.717, 1.165) is 18.7 Å². The van der Waals surface area contributed by atoms with Gasteiger partial charge in [-0.25, -0.2) is 9.18 Å². The second-order valence-corrected chi connectivity index (χ2v) is 6.38. The summed E-state index contributed by atoms with van der Waals surface area (Å²) in [7, 11) is 0. The van der Waals surface area contributed by atoms with Crippen LogP contribution in [0.2, 0.25) is 0 Å². The molecule has 0 spiro atoms. The lowest BCUT2D eigenvalue weighted by atomic mass is 10.2. The number of carbonyl (C=O) groups is 2. The Balaban J connectivity index is 1.39. The van der Waals surface area contributed by atoms with Gasteiger partial charge in [0.2, 0.25) is 17.9 Å². The van der Waals surface area contributed by atoms with Gasteiger partial charge in [0.05, 0.1) is 6.54 Å². The van der Waals surface area contributed by atoms with Gasteiger partial charge in [0.15, 0.2) is 5.82 Å². The average molecular weight is 377 g/mol. The van der Waals surface area contributed by atoms with E-state index < -0.39 is 17.9 Å². The Morgan fingerprint density at radius 1 is 1.33 bits per heavy atom. The molecule has 9 heteroatoms. The third-order valence-electron chi connectivity index (χ3n) is 4.07. The van der Waals surface area contributed by atoms with E-state index in [1.165, 1.54) is 24.3 Å². The zero-order valence-corrected chi connectivity index (χ0v) is 14.6. The molecule has 1 aromatic carbocycles. The van der Waals surface area contributed by atoms with Crippen LogP contribution >= 0.6 is 0 Å². The summed E-state index contributed by atoms with van der Waals surface area (Å²) in [6.45, 7) is -0.196. The molecule has 1 unspecified atom stereocenters. The Hall–Kier alpha value is -2.97. The molecule has 27 heavy (non-hydrogen) atoms. The summed E-state index contributed by atoms with van der Waals surface area (Å²) in [5.41, 5.74) is 0. The highest BCUT2D eigenvalue weighted by Gasteiger charge is 2.28. The highest BCUT2D eigenvalue weighted by molar-refractivity contribution is 5.78. The van der Waals surface area contributed by atoms with E-state index in [0.29, 0.717) is 24.7 Å². The number of halogens is 1. The summed E-state index contributed by atoms with van der Waals surface area (Å²) in [5, 5.41) is 15.6. The molecule has 0 saturated heterocycles. The van der Waals surface area contributed by atoms with Crippen LogP contribution in [0.25, 0.3) is 0 Å². The molecule has 0 aliphatic heterocycles. The van der Waals surface area contributed by atoms with Crippen molar-refractivity contribution in [1.82, 2.24) is 15.5 Å². The number of nitrogens with zero attached hydrogens (tertiary/aromatic N) is 2. The summed E-state index contributed by atoms with van der Waals surface area (Å²) < 4.78 is 23.3. The molecular weight excluding hydrogens is 357 g/mol. The number of hydrogen-bond donors (Lipinski definition) is 2. The second kappa shape index (κ2) is 8.61. The van der Waals surface area contributed by atoms with Crippen molar-refractivity contribution in [3.05, 3.63) is 41.8 Å². The Morgan fingerprint density at radius 2 is 2.07 bits per heavy atom. The topological polar surface area (TPSA) is 115 Å². The molecule has 1 fully saturated rings. The van der Waals surface area contributed by atoms with E-state index in [9.17, 15) is 19.1 Å². The van der Waals surface area contributed by atoms with Crippen LogP contribution in [0.4, 0.5) is 4.39 Å². The van der Waals surface area contributed by atoms with Gasteiger partial charge < -0.3 is 19.7 Å². The van der Waals surface area contributed by atoms with Crippen molar-refractivity contribution < 1.29 is 28.3 Å². The van der Waals surface area contributed by atoms with E-state index in [-0.39, 0.29) is 24.6 Å². The molecule has 1 aliphatic carbocycles. The van der Waals surface area contributed by atoms with Crippen molar-refractivity contribution in [2.75, 3.05) is 6.54 Å². The zero-order valence-electron chi connectivity index (χ0n) is 14.6. The van der Waals surface area contributed by atoms with Crippen LogP contribution in [0.3, 0.4) is 0 Å². The number of nitrogens with one attached hydrogen (secondary N) is 1. The van der Waals surface area contributed by atoms with Gasteiger partial charge in [0, 0.05) is 18.8 Å². The van der Waals surface area contributed by atoms with Gasteiger partial charge in [0.25, 0.3) is 0 Å². The van der Waals surface area contributed by atoms with E-state index in [2.05, 4.69) is 15.5 Å². The number of carboxylic acids is 1. The molecule has 8 nitrogen and oxygen atoms in total. The Bertz CT molecular complexity index is 789. The first-order valence-corrected chi connectivity index (χ1v) is 8.75. The maximum Gasteiger partial charge on any atom is 0.346 e. The summed E-state index contributed by atoms with van der Waals surface area (Å²) in [6, 6.07) is 4.98. The molecule has 1 aliphatic rings. The summed E-state index contributed by atoms with van der Waals surface area (Å²) in [5.74, 6) is -0.109. The van der Waals surface area contributed by atoms with Gasteiger partial charge in [0.1, 0.15) is 11.6 Å². The van der Waals surface area contributed by atoms with Crippen molar-refractivity contribution in [3.8, 4) is 5.75 Å². The van der Waals surface area contributed by atoms with Crippen molar-refractivity contribution >= 4 is 11.9 Å². The third kappa shape index (κ3) is 5.77. The highest BCUT2D eigenvalue weighted by Crippen LogP contribution is 2.38. The number of ether oxygens (including phenoxy) is 1. The quantitative estimate of drug-likeness (QED) is 0.651. The van der Waals surface area contributed by atoms with Crippen LogP contribution in [0, 0.1) is 5.82 Å². The predicted molar refractivity (Wildman–Crippen MR) is 90.7 cm³/mol. The fourth-order valence-corrected chi connectivity index (χ4v) is 2.43. The number of carboxylic acid groups (broad SMARTS) is 1. The first-order valence-electron chi connectivity index (χ1n) is 8.75. The van der Waals surface area contributed by atoms with Crippen LogP contribution in [0.1, 0.15) is 43.3 Å². The molecule has 1 aromatic heterocycles. The maximum absolute atomic E-state index is 12.9. The fourth-order valence-electron chi connectivity index (χ4n) is 2.43. The molecule has 2 aromatic rings. The molecule has 0 bridgehead atoms. The van der Waals surface area contributed by atoms with Gasteiger partial charge in [-0.1, -0.05) is 5.16 Å². The van der Waals surface area contributed by atoms with Crippen molar-refractivity contribution in [1.29, 1.82) is 0 Å². The van der Waals surface area contributed by atoms with Gasteiger partial charge in [-0.05, 0) is 43.5 Å². The number of hydrogen-bond acceptors (Lipinski definition) is 6. The molecule has 1 atom stereocenters. The molecule has 0 radical (unpaired) electrons. The van der Waals surface area contributed by atoms with Crippen molar-refractivity contribution in [2.45, 2.75) is 44.1 Å². The Morgan fingerprint density at radius 3 is 2.74 bits per heavy atom. The minimum Gasteiger partial charge on any atom is -0.478 e. The highest BCUT2D eigenvalue weighted by atomic mass is 19.1. The lowest BCUT2D eigenvalue weighted by Gasteiger charge is -2.15. The summed E-state index contributed by atoms with van der Waals surface area (Å²) in [6.07, 6.45) is 2.11. The van der Waals surface area contributed by atoms with Gasteiger partial charge in [-0.3, -0.25) is 4.79 Å². The van der Waals surface area contributed by atoms with Crippen molar-refractivity contribution in [2.24, 2.45) is 0 Å². The van der Waals surface area contributed by atoms with Crippen LogP contribution in [-0.4, -0.2) is 39.8 Å². The SMILES string of the molecule is O=C(CCCc1nc(C2CC2)no1)NCC(Oc1ccc(F)cc1)C(=O)O. The zero-order chi connectivity index (χ0) is 19.2. The predicted octanol–water partition coefficient (Wildman–Crippen LogP) is 2.06. The average Bonchev–Trinajstić information content (AvgIpc) is 3.39.